The second kappa shape index (κ2) is 9.29. The van der Waals surface area contributed by atoms with Crippen molar-refractivity contribution >= 4 is 75.8 Å². The molecule has 208 valence electrons. The molecule has 0 aliphatic rings. The Bertz CT molecular complexity index is 4180. The quantitative estimate of drug-likeness (QED) is 0.143. The fourth-order valence-electron chi connectivity index (χ4n) is 6.08. The Morgan fingerprint density at radius 2 is 0.778 bits per heavy atom. The largest absolute Gasteiger partial charge is 0.455 e. The van der Waals surface area contributed by atoms with Gasteiger partial charge in [0.05, 0.1) is 35.6 Å². The Kier molecular flexibility index (Phi) is 2.13. The van der Waals surface area contributed by atoms with Crippen molar-refractivity contribution in [2.24, 2.45) is 0 Å². The van der Waals surface area contributed by atoms with Crippen LogP contribution < -0.4 is 0 Å². The van der Waals surface area contributed by atoms with E-state index in [2.05, 4.69) is 0 Å². The van der Waals surface area contributed by atoms with Gasteiger partial charge in [-0.2, -0.15) is 0 Å². The van der Waals surface area contributed by atoms with Crippen LogP contribution in [0.4, 0.5) is 0 Å². The minimum Gasteiger partial charge on any atom is -0.455 e. The predicted octanol–water partition coefficient (Wildman–Crippen LogP) is 12.7. The second-order valence-corrected chi connectivity index (χ2v) is 10.0. The molecule has 1 heteroatoms. The van der Waals surface area contributed by atoms with Crippen molar-refractivity contribution in [3.63, 3.8) is 0 Å². The molecule has 0 aliphatic carbocycles. The molecule has 1 aromatic heterocycles. The van der Waals surface area contributed by atoms with Crippen LogP contribution >= 0.6 is 0 Å². The van der Waals surface area contributed by atoms with Crippen molar-refractivity contribution in [2.45, 2.75) is 0 Å². The average Bonchev–Trinajstić information content (AvgIpc) is 3.75. The average molecular weight is 597 g/mol. The van der Waals surface area contributed by atoms with E-state index in [4.69, 9.17) is 29.1 Å². The molecule has 0 aliphatic heterocycles. The van der Waals surface area contributed by atoms with E-state index < -0.39 is 250 Å². The summed E-state index contributed by atoms with van der Waals surface area (Å²) >= 11 is 0. The molecule has 45 heavy (non-hydrogen) atoms. The fourth-order valence-corrected chi connectivity index (χ4v) is 6.08. The van der Waals surface area contributed by atoms with Crippen molar-refractivity contribution in [3.05, 3.63) is 157 Å². The van der Waals surface area contributed by atoms with E-state index in [1.807, 2.05) is 0 Å². The van der Waals surface area contributed by atoms with Gasteiger partial charge in [0, 0.05) is 16.2 Å². The van der Waals surface area contributed by atoms with Crippen LogP contribution in [0.2, 0.25) is 0 Å². The van der Waals surface area contributed by atoms with Gasteiger partial charge in [-0.25, -0.2) is 0 Å². The molecule has 0 N–H and O–H groups in total. The summed E-state index contributed by atoms with van der Waals surface area (Å²) in [6.45, 7) is 0. The van der Waals surface area contributed by atoms with E-state index in [1.165, 1.54) is 0 Å². The number of furan rings is 1. The van der Waals surface area contributed by atoms with E-state index in [9.17, 15) is 11.0 Å². The lowest BCUT2D eigenvalue weighted by atomic mass is 9.84. The summed E-state index contributed by atoms with van der Waals surface area (Å²) in [4.78, 5) is 0. The first-order valence-electron chi connectivity index (χ1n) is 26.4. The number of hydrogen-bond acceptors (Lipinski definition) is 1. The SMILES string of the molecule is [2H]c1c([2H])c([2H])c(-c2c3c([2H])c([2H])c([2H])c([2H])c3c(-c3c([2H])c4oc5c6c([2H])c([2H])c([2H])c([2H])c6c6c([2H])c([2H])c([2H])c([2H])c6c5c4c4c([2H])c([2H])c([2H])c([2H])c34)c3c([2H])c([2H])c([2H])c([2H])c23)c([2H])c1[2H]. The maximum atomic E-state index is 10.1. The first-order chi connectivity index (χ1) is 33.2. The first-order valence-corrected chi connectivity index (χ1v) is 13.4. The lowest BCUT2D eigenvalue weighted by molar-refractivity contribution is 0.673. The summed E-state index contributed by atoms with van der Waals surface area (Å²) in [5, 5.41) is -6.60. The summed E-state index contributed by atoms with van der Waals surface area (Å²) in [5.74, 6) is 0. The molecular formula is C44H26O. The van der Waals surface area contributed by atoms with Crippen LogP contribution in [0.25, 0.3) is 98.1 Å². The third-order valence-electron chi connectivity index (χ3n) is 7.81. The van der Waals surface area contributed by atoms with Crippen LogP contribution in [0.5, 0.6) is 0 Å². The van der Waals surface area contributed by atoms with Crippen LogP contribution in [0.3, 0.4) is 0 Å². The summed E-state index contributed by atoms with van der Waals surface area (Å²) in [6.07, 6.45) is 0. The molecule has 10 rings (SSSR count). The van der Waals surface area contributed by atoms with Crippen molar-refractivity contribution in [1.82, 2.24) is 0 Å². The molecule has 0 saturated heterocycles. The molecule has 0 unspecified atom stereocenters. The first kappa shape index (κ1) is 10.3. The summed E-state index contributed by atoms with van der Waals surface area (Å²) in [5.41, 5.74) is -4.03. The van der Waals surface area contributed by atoms with Crippen LogP contribution in [0.15, 0.2) is 162 Å². The van der Waals surface area contributed by atoms with Gasteiger partial charge in [0.1, 0.15) is 11.2 Å². The zero-order valence-electron chi connectivity index (χ0n) is 48.4. The van der Waals surface area contributed by atoms with Gasteiger partial charge < -0.3 is 4.42 Å². The lowest BCUT2D eigenvalue weighted by Crippen LogP contribution is -1.91. The van der Waals surface area contributed by atoms with Crippen molar-refractivity contribution in [2.75, 3.05) is 0 Å². The van der Waals surface area contributed by atoms with Crippen LogP contribution in [-0.4, -0.2) is 0 Å². The Morgan fingerprint density at radius 1 is 0.356 bits per heavy atom. The highest BCUT2D eigenvalue weighted by Crippen LogP contribution is 2.49. The maximum Gasteiger partial charge on any atom is 0.143 e. The zero-order valence-corrected chi connectivity index (χ0v) is 22.4. The van der Waals surface area contributed by atoms with Crippen molar-refractivity contribution < 1.29 is 40.1 Å². The van der Waals surface area contributed by atoms with Gasteiger partial charge in [-0.1, -0.05) is 151 Å². The molecule has 0 spiro atoms. The number of fused-ring (bicyclic) bond motifs is 12. The van der Waals surface area contributed by atoms with Crippen molar-refractivity contribution in [3.8, 4) is 22.3 Å². The summed E-state index contributed by atoms with van der Waals surface area (Å²) in [6, 6.07) is -23.2. The van der Waals surface area contributed by atoms with Crippen LogP contribution in [0.1, 0.15) is 35.6 Å². The lowest BCUT2D eigenvalue weighted by Gasteiger charge is -2.19. The van der Waals surface area contributed by atoms with E-state index in [1.54, 1.807) is 0 Å². The monoisotopic (exact) mass is 596 g/mol. The number of hydrogen-bond donors (Lipinski definition) is 0. The number of benzene rings is 9. The smallest absolute Gasteiger partial charge is 0.143 e. The molecule has 0 saturated carbocycles. The van der Waals surface area contributed by atoms with Crippen LogP contribution in [0, 0.1) is 0 Å². The third-order valence-corrected chi connectivity index (χ3v) is 7.81. The van der Waals surface area contributed by atoms with Gasteiger partial charge in [-0.05, 0) is 76.8 Å². The van der Waals surface area contributed by atoms with Crippen LogP contribution in [-0.2, 0) is 0 Å². The van der Waals surface area contributed by atoms with E-state index in [-0.39, 0.29) is 5.39 Å². The van der Waals surface area contributed by atoms with Gasteiger partial charge in [-0.15, -0.1) is 0 Å². The highest BCUT2D eigenvalue weighted by atomic mass is 16.3. The topological polar surface area (TPSA) is 13.1 Å². The Labute approximate surface area is 296 Å². The molecule has 0 amide bonds. The van der Waals surface area contributed by atoms with E-state index >= 15 is 0 Å². The van der Waals surface area contributed by atoms with Gasteiger partial charge in [-0.3, -0.25) is 0 Å². The molecule has 0 fully saturated rings. The molecule has 0 bridgehead atoms. The third kappa shape index (κ3) is 3.38. The highest BCUT2D eigenvalue weighted by Gasteiger charge is 2.22. The minimum absolute atomic E-state index is 0.385. The molecule has 1 nitrogen and oxygen atoms in total. The predicted molar refractivity (Wildman–Crippen MR) is 192 cm³/mol. The second-order valence-electron chi connectivity index (χ2n) is 10.0. The molecule has 1 heterocycles. The normalized spacial score (nSPS) is 20.1. The van der Waals surface area contributed by atoms with Crippen molar-refractivity contribution in [1.29, 1.82) is 0 Å². The molecule has 0 atom stereocenters. The molecular weight excluding hydrogens is 544 g/mol. The minimum atomic E-state index is -0.972. The zero-order chi connectivity index (χ0) is 52.1. The maximum absolute atomic E-state index is 10.1. The fraction of sp³-hybridized carbons (Fsp3) is 0. The standard InChI is InChI=1S/C44H26O/c1-2-14-27(15-3-1)40-33-21-9-11-23-35(33)41(36-24-12-10-22-34(36)40)38-26-39-42(31-19-7-5-18-30(31)38)43-32-20-8-4-16-28(32)29-17-6-13-25-37(29)44(43)45-39/h1-26H/i1D,2D,3D,4D,5D,6D,7D,8D,9D,10D,11D,12D,13D,14D,15D,16D,17D,18D,19D,20D,21D,22D,23D,24D,25D,26D. The number of rotatable bonds is 2. The highest BCUT2D eigenvalue weighted by molar-refractivity contribution is 6.35. The van der Waals surface area contributed by atoms with Gasteiger partial charge in [0.15, 0.2) is 0 Å². The Balaban J connectivity index is 1.64. The Hall–Kier alpha value is -5.92. The molecule has 10 aromatic rings. The van der Waals surface area contributed by atoms with E-state index in [0.717, 1.165) is 0 Å². The Morgan fingerprint density at radius 3 is 1.38 bits per heavy atom. The van der Waals surface area contributed by atoms with Gasteiger partial charge >= 0.3 is 0 Å². The molecule has 9 aromatic carbocycles. The van der Waals surface area contributed by atoms with Gasteiger partial charge in [0.25, 0.3) is 0 Å². The summed E-state index contributed by atoms with van der Waals surface area (Å²) < 4.78 is 241. The van der Waals surface area contributed by atoms with Gasteiger partial charge in [0.2, 0.25) is 0 Å². The summed E-state index contributed by atoms with van der Waals surface area (Å²) in [7, 11) is 0. The van der Waals surface area contributed by atoms with E-state index in [0.29, 0.717) is 0 Å². The molecule has 0 radical (unpaired) electrons.